The van der Waals surface area contributed by atoms with Crippen LogP contribution in [0.3, 0.4) is 0 Å². The number of ether oxygens (including phenoxy) is 2. The lowest BCUT2D eigenvalue weighted by molar-refractivity contribution is -0.154. The molecule has 0 aliphatic rings. The average Bonchev–Trinajstić information content (AvgIpc) is 3.37. The van der Waals surface area contributed by atoms with Crippen LogP contribution in [0.15, 0.2) is 35.5 Å². The first kappa shape index (κ1) is 24.6. The molecular formula is C22H17ClF3N5O3S. The minimum absolute atomic E-state index is 0.00857. The summed E-state index contributed by atoms with van der Waals surface area (Å²) in [5.74, 6) is -0.540. The number of nitrogens with zero attached hydrogens (tertiary/aromatic N) is 5. The molecular weight excluding hydrogens is 507 g/mol. The summed E-state index contributed by atoms with van der Waals surface area (Å²) in [5, 5.41) is 5.08. The predicted octanol–water partition coefficient (Wildman–Crippen LogP) is 5.65. The van der Waals surface area contributed by atoms with E-state index in [0.717, 1.165) is 31.0 Å². The number of carbonyl (C=O) groups excluding carboxylic acids is 1. The van der Waals surface area contributed by atoms with Gasteiger partial charge in [0, 0.05) is 12.3 Å². The highest BCUT2D eigenvalue weighted by molar-refractivity contribution is 7.18. The zero-order chi connectivity index (χ0) is 25.3. The minimum atomic E-state index is -4.58. The largest absolute Gasteiger partial charge is 0.467 e. The quantitative estimate of drug-likeness (QED) is 0.184. The Morgan fingerprint density at radius 3 is 2.74 bits per heavy atom. The van der Waals surface area contributed by atoms with Crippen molar-refractivity contribution in [2.45, 2.75) is 26.9 Å². The lowest BCUT2D eigenvalue weighted by Gasteiger charge is -2.11. The van der Waals surface area contributed by atoms with Gasteiger partial charge < -0.3 is 9.47 Å². The maximum Gasteiger partial charge on any atom is 0.422 e. The van der Waals surface area contributed by atoms with Crippen LogP contribution in [0.1, 0.15) is 21.8 Å². The van der Waals surface area contributed by atoms with Crippen molar-refractivity contribution in [2.75, 3.05) is 6.61 Å². The third kappa shape index (κ3) is 5.28. The zero-order valence-electron chi connectivity index (χ0n) is 18.6. The van der Waals surface area contributed by atoms with Crippen molar-refractivity contribution in [1.82, 2.24) is 19.7 Å². The Morgan fingerprint density at radius 2 is 2.06 bits per heavy atom. The second-order valence-corrected chi connectivity index (χ2v) is 8.98. The molecule has 0 N–H and O–H groups in total. The van der Waals surface area contributed by atoms with Crippen molar-refractivity contribution in [3.63, 3.8) is 0 Å². The van der Waals surface area contributed by atoms with Crippen molar-refractivity contribution in [2.24, 2.45) is 4.99 Å². The van der Waals surface area contributed by atoms with Gasteiger partial charge >= 0.3 is 6.18 Å². The van der Waals surface area contributed by atoms with Crippen molar-refractivity contribution in [1.29, 1.82) is 0 Å². The van der Waals surface area contributed by atoms with E-state index in [9.17, 15) is 18.0 Å². The normalized spacial score (nSPS) is 12.3. The molecule has 4 aromatic rings. The second-order valence-electron chi connectivity index (χ2n) is 7.37. The zero-order valence-corrected chi connectivity index (χ0v) is 20.1. The average molecular weight is 524 g/mol. The maximum absolute atomic E-state index is 12.7. The summed E-state index contributed by atoms with van der Waals surface area (Å²) in [5.41, 5.74) is 2.88. The van der Waals surface area contributed by atoms with Crippen molar-refractivity contribution in [3.8, 4) is 11.7 Å². The van der Waals surface area contributed by atoms with Crippen LogP contribution in [0.2, 0.25) is 5.02 Å². The van der Waals surface area contributed by atoms with E-state index in [1.54, 1.807) is 6.07 Å². The van der Waals surface area contributed by atoms with Crippen LogP contribution in [0.4, 0.5) is 18.9 Å². The Morgan fingerprint density at radius 1 is 1.29 bits per heavy atom. The van der Waals surface area contributed by atoms with Gasteiger partial charge in [-0.05, 0) is 50.1 Å². The number of aliphatic imine (C=N–C) groups is 1. The molecule has 4 rings (SSSR count). The first-order chi connectivity index (χ1) is 16.6. The number of fused-ring (bicyclic) bond motifs is 1. The smallest absolute Gasteiger partial charge is 0.422 e. The lowest BCUT2D eigenvalue weighted by atomic mass is 10.1. The Hall–Kier alpha value is -3.51. The highest BCUT2D eigenvalue weighted by Crippen LogP contribution is 2.35. The monoisotopic (exact) mass is 523 g/mol. The molecule has 0 aliphatic heterocycles. The van der Waals surface area contributed by atoms with E-state index in [4.69, 9.17) is 21.1 Å². The molecule has 3 aromatic heterocycles. The van der Waals surface area contributed by atoms with Gasteiger partial charge in [0.1, 0.15) is 5.69 Å². The summed E-state index contributed by atoms with van der Waals surface area (Å²) in [6.07, 6.45) is -3.16. The Labute approximate surface area is 206 Å². The van der Waals surface area contributed by atoms with Crippen LogP contribution < -0.4 is 4.74 Å². The predicted molar refractivity (Wildman–Crippen MR) is 125 cm³/mol. The van der Waals surface area contributed by atoms with E-state index in [1.165, 1.54) is 29.7 Å². The van der Waals surface area contributed by atoms with Crippen LogP contribution in [0, 0.1) is 20.8 Å². The number of halogens is 4. The van der Waals surface area contributed by atoms with Gasteiger partial charge in [0.05, 0.1) is 25.9 Å². The SMILES string of the molecule is Cc1nc2cc(C)c(N=C(OC=O)c3cc(OCC(F)(F)F)nn3-c3ncccc3Cl)c(C)c2s1. The Balaban J connectivity index is 1.90. The van der Waals surface area contributed by atoms with E-state index < -0.39 is 12.8 Å². The van der Waals surface area contributed by atoms with Crippen molar-refractivity contribution >= 4 is 51.2 Å². The van der Waals surface area contributed by atoms with Gasteiger partial charge in [-0.25, -0.2) is 19.6 Å². The van der Waals surface area contributed by atoms with Crippen LogP contribution in [0.5, 0.6) is 5.88 Å². The van der Waals surface area contributed by atoms with E-state index >= 15 is 0 Å². The number of aromatic nitrogens is 4. The number of pyridine rings is 1. The molecule has 0 saturated heterocycles. The molecule has 0 amide bonds. The van der Waals surface area contributed by atoms with Crippen LogP contribution in [-0.2, 0) is 9.53 Å². The summed E-state index contributed by atoms with van der Waals surface area (Å²) in [7, 11) is 0. The number of thiazole rings is 1. The van der Waals surface area contributed by atoms with Crippen molar-refractivity contribution in [3.05, 3.63) is 57.3 Å². The number of hydrogen-bond acceptors (Lipinski definition) is 8. The molecule has 1 aromatic carbocycles. The summed E-state index contributed by atoms with van der Waals surface area (Å²) < 4.78 is 50.2. The number of benzene rings is 1. The third-order valence-corrected chi connectivity index (χ3v) is 6.19. The number of alkyl halides is 3. The molecule has 3 heterocycles. The fraction of sp³-hybridized carbons (Fsp3) is 0.227. The molecule has 0 atom stereocenters. The number of aryl methyl sites for hydroxylation is 3. The second kappa shape index (κ2) is 9.62. The van der Waals surface area contributed by atoms with Crippen molar-refractivity contribution < 1.29 is 27.4 Å². The number of carbonyl (C=O) groups is 1. The summed E-state index contributed by atoms with van der Waals surface area (Å²) in [6.45, 7) is 4.16. The molecule has 0 unspecified atom stereocenters. The topological polar surface area (TPSA) is 91.5 Å². The van der Waals surface area contributed by atoms with E-state index in [1.807, 2.05) is 26.8 Å². The highest BCUT2D eigenvalue weighted by Gasteiger charge is 2.30. The fourth-order valence-corrected chi connectivity index (χ4v) is 4.48. The van der Waals surface area contributed by atoms with Crippen LogP contribution in [0.25, 0.3) is 16.0 Å². The van der Waals surface area contributed by atoms with Gasteiger partial charge in [-0.15, -0.1) is 16.4 Å². The number of rotatable bonds is 6. The van der Waals surface area contributed by atoms with Gasteiger partial charge in [-0.1, -0.05) is 11.6 Å². The Bertz CT molecular complexity index is 1450. The standard InChI is InChI=1S/C22H17ClF3N5O3S/c1-11-7-15-19(35-13(3)28-15)12(2)18(11)29-21(34-10-32)16-8-17(33-9-22(24,25)26)30-31(16)20-14(23)5-4-6-27-20/h4-8,10H,9H2,1-3H3. The first-order valence-corrected chi connectivity index (χ1v) is 11.2. The third-order valence-electron chi connectivity index (χ3n) is 4.79. The molecule has 0 bridgehead atoms. The van der Waals surface area contributed by atoms with Gasteiger partial charge in [-0.2, -0.15) is 13.2 Å². The molecule has 182 valence electrons. The number of hydrogen-bond donors (Lipinski definition) is 0. The molecule has 0 saturated carbocycles. The van der Waals surface area contributed by atoms with Gasteiger partial charge in [-0.3, -0.25) is 4.79 Å². The molecule has 0 spiro atoms. The molecule has 0 aliphatic carbocycles. The molecule has 8 nitrogen and oxygen atoms in total. The highest BCUT2D eigenvalue weighted by atomic mass is 35.5. The van der Waals surface area contributed by atoms with E-state index in [2.05, 4.69) is 20.1 Å². The maximum atomic E-state index is 12.7. The Kier molecular flexibility index (Phi) is 6.77. The molecule has 0 radical (unpaired) electrons. The molecule has 0 fully saturated rings. The summed E-state index contributed by atoms with van der Waals surface area (Å²) >= 11 is 7.74. The lowest BCUT2D eigenvalue weighted by Crippen LogP contribution is -2.19. The minimum Gasteiger partial charge on any atom is -0.467 e. The summed E-state index contributed by atoms with van der Waals surface area (Å²) in [6, 6.07) is 6.12. The molecule has 35 heavy (non-hydrogen) atoms. The van der Waals surface area contributed by atoms with E-state index in [-0.39, 0.29) is 34.8 Å². The molecule has 13 heteroatoms. The van der Waals surface area contributed by atoms with Gasteiger partial charge in [0.2, 0.25) is 11.8 Å². The summed E-state index contributed by atoms with van der Waals surface area (Å²) in [4.78, 5) is 24.6. The van der Waals surface area contributed by atoms with Crippen LogP contribution >= 0.6 is 22.9 Å². The van der Waals surface area contributed by atoms with Gasteiger partial charge in [0.15, 0.2) is 12.4 Å². The van der Waals surface area contributed by atoms with Gasteiger partial charge in [0.25, 0.3) is 6.47 Å². The fourth-order valence-electron chi connectivity index (χ4n) is 3.38. The van der Waals surface area contributed by atoms with Crippen LogP contribution in [-0.4, -0.2) is 44.9 Å². The van der Waals surface area contributed by atoms with E-state index in [0.29, 0.717) is 5.69 Å². The first-order valence-electron chi connectivity index (χ1n) is 10.0.